The number of nitrogens with zero attached hydrogens (tertiary/aromatic N) is 1. The molecule has 2 bridgehead atoms. The molecule has 7 heteroatoms. The summed E-state index contributed by atoms with van der Waals surface area (Å²) in [6, 6.07) is 13.2. The molecular weight excluding hydrogens is 394 g/mol. The molecule has 2 unspecified atom stereocenters. The van der Waals surface area contributed by atoms with E-state index < -0.39 is 25.1 Å². The topological polar surface area (TPSA) is 71.5 Å². The Hall–Kier alpha value is -1.70. The molecule has 150 valence electrons. The molecule has 2 saturated heterocycles. The fourth-order valence-corrected chi connectivity index (χ4v) is 8.38. The van der Waals surface area contributed by atoms with Gasteiger partial charge in [-0.1, -0.05) is 24.3 Å². The van der Waals surface area contributed by atoms with Crippen LogP contribution in [0.2, 0.25) is 0 Å². The second kappa shape index (κ2) is 6.97. The smallest absolute Gasteiger partial charge is 0.223 e. The first-order valence-electron chi connectivity index (χ1n) is 9.61. The lowest BCUT2D eigenvalue weighted by atomic mass is 10.1. The molecule has 2 aliphatic rings. The van der Waals surface area contributed by atoms with Gasteiger partial charge in [-0.2, -0.15) is 4.31 Å². The maximum Gasteiger partial charge on any atom is 0.243 e. The molecule has 0 spiro atoms. The summed E-state index contributed by atoms with van der Waals surface area (Å²) in [6.45, 7) is 3.86. The standard InChI is InChI=1S/C21H25NO4S2/c1-15-8-11-20(12-16(15)2)28(25,26)22-17-9-10-18(22)14-21(13-17)27(23,24)19-6-4-3-5-7-19/h3-8,11-12,17-18,21H,9-10,13-14H2,1-2H3. The highest BCUT2D eigenvalue weighted by Crippen LogP contribution is 2.43. The highest BCUT2D eigenvalue weighted by molar-refractivity contribution is 7.92. The van der Waals surface area contributed by atoms with Gasteiger partial charge in [-0.25, -0.2) is 16.8 Å². The minimum atomic E-state index is -3.63. The van der Waals surface area contributed by atoms with Crippen molar-refractivity contribution in [1.29, 1.82) is 0 Å². The van der Waals surface area contributed by atoms with E-state index >= 15 is 0 Å². The van der Waals surface area contributed by atoms with Gasteiger partial charge in [0.2, 0.25) is 10.0 Å². The van der Waals surface area contributed by atoms with Gasteiger partial charge < -0.3 is 0 Å². The molecule has 2 fully saturated rings. The normalized spacial score (nSPS) is 25.7. The third-order valence-corrected chi connectivity index (χ3v) is 10.4. The predicted molar refractivity (Wildman–Crippen MR) is 108 cm³/mol. The summed E-state index contributed by atoms with van der Waals surface area (Å²) < 4.78 is 54.3. The minimum absolute atomic E-state index is 0.256. The summed E-state index contributed by atoms with van der Waals surface area (Å²) in [5, 5.41) is -0.529. The number of sulfonamides is 1. The molecule has 2 aromatic rings. The van der Waals surface area contributed by atoms with E-state index in [1.54, 1.807) is 46.8 Å². The zero-order valence-electron chi connectivity index (χ0n) is 16.1. The lowest BCUT2D eigenvalue weighted by molar-refractivity contribution is 0.249. The summed E-state index contributed by atoms with van der Waals surface area (Å²) in [5.74, 6) is 0. The molecule has 2 aliphatic heterocycles. The number of hydrogen-bond donors (Lipinski definition) is 0. The van der Waals surface area contributed by atoms with Crippen molar-refractivity contribution in [2.45, 2.75) is 66.7 Å². The first kappa shape index (κ1) is 19.6. The van der Waals surface area contributed by atoms with Crippen molar-refractivity contribution in [3.05, 3.63) is 59.7 Å². The molecule has 2 aromatic carbocycles. The Morgan fingerprint density at radius 3 is 1.96 bits per heavy atom. The van der Waals surface area contributed by atoms with Crippen LogP contribution in [0.5, 0.6) is 0 Å². The first-order chi connectivity index (χ1) is 13.2. The van der Waals surface area contributed by atoms with Crippen molar-refractivity contribution in [3.63, 3.8) is 0 Å². The summed E-state index contributed by atoms with van der Waals surface area (Å²) in [6.07, 6.45) is 2.15. The average Bonchev–Trinajstić information content (AvgIpc) is 2.95. The second-order valence-electron chi connectivity index (χ2n) is 7.92. The van der Waals surface area contributed by atoms with Crippen LogP contribution in [0.25, 0.3) is 0 Å². The van der Waals surface area contributed by atoms with Crippen molar-refractivity contribution < 1.29 is 16.8 Å². The van der Waals surface area contributed by atoms with Crippen molar-refractivity contribution in [2.24, 2.45) is 0 Å². The van der Waals surface area contributed by atoms with Gasteiger partial charge in [0.25, 0.3) is 0 Å². The third kappa shape index (κ3) is 3.19. The number of benzene rings is 2. The van der Waals surface area contributed by atoms with Gasteiger partial charge >= 0.3 is 0 Å². The summed E-state index contributed by atoms with van der Waals surface area (Å²) in [7, 11) is -7.09. The largest absolute Gasteiger partial charge is 0.243 e. The Morgan fingerprint density at radius 2 is 1.39 bits per heavy atom. The molecular formula is C21H25NO4S2. The molecule has 0 aliphatic carbocycles. The summed E-state index contributed by atoms with van der Waals surface area (Å²) in [5.41, 5.74) is 1.99. The molecule has 0 N–H and O–H groups in total. The van der Waals surface area contributed by atoms with Crippen LogP contribution in [0.1, 0.15) is 36.8 Å². The Kier molecular flexibility index (Phi) is 4.88. The van der Waals surface area contributed by atoms with Crippen molar-refractivity contribution in [1.82, 2.24) is 4.31 Å². The van der Waals surface area contributed by atoms with E-state index in [9.17, 15) is 16.8 Å². The molecule has 0 aromatic heterocycles. The third-order valence-electron chi connectivity index (χ3n) is 6.19. The van der Waals surface area contributed by atoms with Gasteiger partial charge in [0.05, 0.1) is 15.0 Å². The molecule has 5 nitrogen and oxygen atoms in total. The van der Waals surface area contributed by atoms with E-state index in [0.29, 0.717) is 22.6 Å². The van der Waals surface area contributed by atoms with Crippen LogP contribution in [-0.2, 0) is 19.9 Å². The van der Waals surface area contributed by atoms with Crippen LogP contribution in [0.3, 0.4) is 0 Å². The van der Waals surface area contributed by atoms with Crippen molar-refractivity contribution in [3.8, 4) is 0 Å². The lowest BCUT2D eigenvalue weighted by Gasteiger charge is -2.37. The number of sulfone groups is 1. The van der Waals surface area contributed by atoms with Gasteiger partial charge in [0.1, 0.15) is 0 Å². The van der Waals surface area contributed by atoms with E-state index in [1.807, 2.05) is 19.9 Å². The Morgan fingerprint density at radius 1 is 0.786 bits per heavy atom. The molecule has 2 atom stereocenters. The van der Waals surface area contributed by atoms with Gasteiger partial charge in [-0.15, -0.1) is 0 Å². The summed E-state index contributed by atoms with van der Waals surface area (Å²) >= 11 is 0. The highest BCUT2D eigenvalue weighted by Gasteiger charge is 2.50. The quantitative estimate of drug-likeness (QED) is 0.761. The zero-order chi connectivity index (χ0) is 20.1. The highest BCUT2D eigenvalue weighted by atomic mass is 32.2. The number of rotatable bonds is 4. The Bertz CT molecular complexity index is 1080. The van der Waals surface area contributed by atoms with Crippen molar-refractivity contribution in [2.75, 3.05) is 0 Å². The SMILES string of the molecule is Cc1ccc(S(=O)(=O)N2C3CCC2CC(S(=O)(=O)c2ccccc2)C3)cc1C. The second-order valence-corrected chi connectivity index (χ2v) is 12.0. The number of aryl methyl sites for hydroxylation is 2. The monoisotopic (exact) mass is 419 g/mol. The predicted octanol–water partition coefficient (Wildman–Crippen LogP) is 3.46. The zero-order valence-corrected chi connectivity index (χ0v) is 17.7. The molecule has 0 amide bonds. The van der Waals surface area contributed by atoms with Gasteiger partial charge in [0, 0.05) is 12.1 Å². The van der Waals surface area contributed by atoms with E-state index in [-0.39, 0.29) is 12.1 Å². The number of fused-ring (bicyclic) bond motifs is 2. The van der Waals surface area contributed by atoms with E-state index in [4.69, 9.17) is 0 Å². The van der Waals surface area contributed by atoms with Gasteiger partial charge in [0.15, 0.2) is 9.84 Å². The molecule has 4 rings (SSSR count). The molecule has 0 radical (unpaired) electrons. The van der Waals surface area contributed by atoms with Crippen LogP contribution >= 0.6 is 0 Å². The average molecular weight is 420 g/mol. The lowest BCUT2D eigenvalue weighted by Crippen LogP contribution is -2.49. The fourth-order valence-electron chi connectivity index (χ4n) is 4.53. The van der Waals surface area contributed by atoms with Crippen molar-refractivity contribution >= 4 is 19.9 Å². The Balaban J connectivity index is 1.63. The Labute approximate surface area is 167 Å². The minimum Gasteiger partial charge on any atom is -0.223 e. The first-order valence-corrected chi connectivity index (χ1v) is 12.6. The van der Waals surface area contributed by atoms with E-state index in [0.717, 1.165) is 24.0 Å². The summed E-state index contributed by atoms with van der Waals surface area (Å²) in [4.78, 5) is 0.627. The van der Waals surface area contributed by atoms with Crippen LogP contribution in [-0.4, -0.2) is 38.5 Å². The molecule has 0 saturated carbocycles. The van der Waals surface area contributed by atoms with E-state index in [1.165, 1.54) is 0 Å². The number of piperidine rings is 1. The fraction of sp³-hybridized carbons (Fsp3) is 0.429. The van der Waals surface area contributed by atoms with Crippen LogP contribution in [0.4, 0.5) is 0 Å². The van der Waals surface area contributed by atoms with E-state index in [2.05, 4.69) is 0 Å². The van der Waals surface area contributed by atoms with Crippen LogP contribution in [0, 0.1) is 13.8 Å². The number of hydrogen-bond acceptors (Lipinski definition) is 4. The van der Waals surface area contributed by atoms with Crippen LogP contribution in [0.15, 0.2) is 58.3 Å². The molecule has 28 heavy (non-hydrogen) atoms. The maximum absolute atomic E-state index is 13.3. The van der Waals surface area contributed by atoms with Gasteiger partial charge in [-0.3, -0.25) is 0 Å². The maximum atomic E-state index is 13.3. The molecule has 2 heterocycles. The van der Waals surface area contributed by atoms with Crippen LogP contribution < -0.4 is 0 Å². The van der Waals surface area contributed by atoms with Gasteiger partial charge in [-0.05, 0) is 74.9 Å².